The lowest BCUT2D eigenvalue weighted by molar-refractivity contribution is -0.177. The number of aliphatic hydroxyl groups excluding tert-OH is 2. The number of rotatable bonds is 2. The monoisotopic (exact) mass is 279 g/mol. The van der Waals surface area contributed by atoms with Crippen molar-refractivity contribution >= 4 is 11.7 Å². The lowest BCUT2D eigenvalue weighted by Gasteiger charge is -2.39. The van der Waals surface area contributed by atoms with Gasteiger partial charge in [-0.2, -0.15) is 5.06 Å². The van der Waals surface area contributed by atoms with Crippen LogP contribution in [0.25, 0.3) is 0 Å². The maximum Gasteiger partial charge on any atom is 0.268 e. The zero-order valence-corrected chi connectivity index (χ0v) is 11.3. The number of amides is 1. The third-order valence-corrected chi connectivity index (χ3v) is 3.84. The number of hydroxylamine groups is 2. The molecule has 1 saturated heterocycles. The molecule has 2 rings (SSSR count). The standard InChI is InChI=1S/C14H17NO5/c1-4-5-9-6-7-10(16)12(18)14(9)11(17)8(2)15(20-3)13(14)19/h4-7,9-10,12,16,18H,2H2,1,3H3/b5-4+/t9-,10-,12+,14+/m1/s1. The molecule has 4 atom stereocenters. The molecule has 6 nitrogen and oxygen atoms in total. The van der Waals surface area contributed by atoms with E-state index in [1.807, 2.05) is 0 Å². The highest BCUT2D eigenvalue weighted by Gasteiger charge is 2.66. The molecule has 1 spiro atoms. The molecular formula is C14H17NO5. The molecule has 0 aromatic rings. The summed E-state index contributed by atoms with van der Waals surface area (Å²) in [5.41, 5.74) is -1.96. The lowest BCUT2D eigenvalue weighted by Crippen LogP contribution is -2.57. The van der Waals surface area contributed by atoms with Crippen LogP contribution in [0.4, 0.5) is 0 Å². The molecule has 20 heavy (non-hydrogen) atoms. The molecule has 1 heterocycles. The minimum Gasteiger partial charge on any atom is -0.388 e. The van der Waals surface area contributed by atoms with Gasteiger partial charge in [-0.25, -0.2) is 0 Å². The van der Waals surface area contributed by atoms with Gasteiger partial charge >= 0.3 is 0 Å². The van der Waals surface area contributed by atoms with E-state index in [9.17, 15) is 19.8 Å². The first-order valence-electron chi connectivity index (χ1n) is 6.22. The molecule has 1 fully saturated rings. The summed E-state index contributed by atoms with van der Waals surface area (Å²) in [5, 5.41) is 20.9. The maximum absolute atomic E-state index is 12.6. The highest BCUT2D eigenvalue weighted by atomic mass is 16.7. The quantitative estimate of drug-likeness (QED) is 0.420. The van der Waals surface area contributed by atoms with Crippen LogP contribution in [0, 0.1) is 11.3 Å². The van der Waals surface area contributed by atoms with Crippen LogP contribution in [0.3, 0.4) is 0 Å². The number of carbonyl (C=O) groups is 2. The van der Waals surface area contributed by atoms with Crippen molar-refractivity contribution in [3.05, 3.63) is 36.6 Å². The first-order chi connectivity index (χ1) is 9.42. The SMILES string of the molecule is C=C1C(=O)[C@@]2(C(=O)N1OC)[C@H](/C=C/C)C=C[C@@H](O)[C@@H]2O. The van der Waals surface area contributed by atoms with Gasteiger partial charge < -0.3 is 10.2 Å². The normalized spacial score (nSPS) is 37.7. The summed E-state index contributed by atoms with van der Waals surface area (Å²) < 4.78 is 0. The summed E-state index contributed by atoms with van der Waals surface area (Å²) in [6.45, 7) is 5.27. The first-order valence-corrected chi connectivity index (χ1v) is 6.22. The van der Waals surface area contributed by atoms with Crippen LogP contribution in [-0.4, -0.2) is 46.3 Å². The Balaban J connectivity index is 2.65. The average molecular weight is 279 g/mol. The summed E-state index contributed by atoms with van der Waals surface area (Å²) in [5.74, 6) is -2.01. The summed E-state index contributed by atoms with van der Waals surface area (Å²) in [4.78, 5) is 29.9. The Morgan fingerprint density at radius 1 is 1.40 bits per heavy atom. The number of carbonyl (C=O) groups excluding carboxylic acids is 2. The van der Waals surface area contributed by atoms with E-state index in [-0.39, 0.29) is 5.70 Å². The molecule has 1 aliphatic heterocycles. The largest absolute Gasteiger partial charge is 0.388 e. The third kappa shape index (κ3) is 1.62. The molecule has 1 aliphatic carbocycles. The van der Waals surface area contributed by atoms with Gasteiger partial charge in [0.25, 0.3) is 5.91 Å². The summed E-state index contributed by atoms with van der Waals surface area (Å²) in [6, 6.07) is 0. The topological polar surface area (TPSA) is 87.1 Å². The van der Waals surface area contributed by atoms with Crippen molar-refractivity contribution < 1.29 is 24.6 Å². The fourth-order valence-electron chi connectivity index (χ4n) is 2.85. The Labute approximate surface area is 116 Å². The second-order valence-corrected chi connectivity index (χ2v) is 4.80. The molecule has 0 radical (unpaired) electrons. The smallest absolute Gasteiger partial charge is 0.268 e. The van der Waals surface area contributed by atoms with E-state index in [0.717, 1.165) is 5.06 Å². The van der Waals surface area contributed by atoms with Crippen LogP contribution in [-0.2, 0) is 14.4 Å². The van der Waals surface area contributed by atoms with Gasteiger partial charge in [0, 0.05) is 5.92 Å². The fraction of sp³-hybridized carbons (Fsp3) is 0.429. The van der Waals surface area contributed by atoms with Crippen molar-refractivity contribution in [1.29, 1.82) is 0 Å². The van der Waals surface area contributed by atoms with E-state index in [1.54, 1.807) is 25.2 Å². The third-order valence-electron chi connectivity index (χ3n) is 3.84. The zero-order chi connectivity index (χ0) is 15.1. The Bertz CT molecular complexity index is 524. The molecule has 108 valence electrons. The van der Waals surface area contributed by atoms with Crippen LogP contribution in [0.2, 0.25) is 0 Å². The van der Waals surface area contributed by atoms with Crippen LogP contribution >= 0.6 is 0 Å². The highest BCUT2D eigenvalue weighted by molar-refractivity contribution is 6.21. The average Bonchev–Trinajstić information content (AvgIpc) is 2.61. The van der Waals surface area contributed by atoms with Gasteiger partial charge in [0.05, 0.1) is 13.2 Å². The van der Waals surface area contributed by atoms with Crippen LogP contribution < -0.4 is 0 Å². The van der Waals surface area contributed by atoms with Gasteiger partial charge in [0.2, 0.25) is 0 Å². The van der Waals surface area contributed by atoms with Crippen molar-refractivity contribution in [1.82, 2.24) is 5.06 Å². The van der Waals surface area contributed by atoms with Crippen molar-refractivity contribution in [2.24, 2.45) is 11.3 Å². The van der Waals surface area contributed by atoms with E-state index in [1.165, 1.54) is 13.2 Å². The molecule has 0 saturated carbocycles. The number of hydrogen-bond donors (Lipinski definition) is 2. The first kappa shape index (κ1) is 14.6. The van der Waals surface area contributed by atoms with Crippen LogP contribution in [0.15, 0.2) is 36.6 Å². The minimum absolute atomic E-state index is 0.145. The van der Waals surface area contributed by atoms with Gasteiger partial charge in [-0.05, 0) is 6.92 Å². The lowest BCUT2D eigenvalue weighted by atomic mass is 9.64. The predicted molar refractivity (Wildman–Crippen MR) is 69.9 cm³/mol. The molecule has 0 aromatic carbocycles. The molecular weight excluding hydrogens is 262 g/mol. The second kappa shape index (κ2) is 4.97. The zero-order valence-electron chi connectivity index (χ0n) is 11.3. The molecule has 2 N–H and O–H groups in total. The van der Waals surface area contributed by atoms with Gasteiger partial charge in [0.15, 0.2) is 11.2 Å². The van der Waals surface area contributed by atoms with E-state index < -0.39 is 35.2 Å². The predicted octanol–water partition coefficient (Wildman–Crippen LogP) is -0.0569. The number of allylic oxidation sites excluding steroid dienone is 4. The number of aliphatic hydroxyl groups is 2. The summed E-state index contributed by atoms with van der Waals surface area (Å²) >= 11 is 0. The fourth-order valence-corrected chi connectivity index (χ4v) is 2.85. The van der Waals surface area contributed by atoms with Gasteiger partial charge in [0.1, 0.15) is 11.8 Å². The molecule has 0 bridgehead atoms. The summed E-state index contributed by atoms with van der Waals surface area (Å²) in [6.07, 6.45) is 3.38. The minimum atomic E-state index is -1.81. The van der Waals surface area contributed by atoms with Gasteiger partial charge in [-0.1, -0.05) is 30.9 Å². The molecule has 1 amide bonds. The van der Waals surface area contributed by atoms with E-state index >= 15 is 0 Å². The Kier molecular flexibility index (Phi) is 3.64. The van der Waals surface area contributed by atoms with Crippen molar-refractivity contribution in [2.45, 2.75) is 19.1 Å². The summed E-state index contributed by atoms with van der Waals surface area (Å²) in [7, 11) is 1.24. The van der Waals surface area contributed by atoms with Crippen molar-refractivity contribution in [3.63, 3.8) is 0 Å². The number of hydrogen-bond acceptors (Lipinski definition) is 5. The number of nitrogens with zero attached hydrogens (tertiary/aromatic N) is 1. The van der Waals surface area contributed by atoms with Crippen molar-refractivity contribution in [3.8, 4) is 0 Å². The van der Waals surface area contributed by atoms with Gasteiger partial charge in [-0.3, -0.25) is 14.4 Å². The van der Waals surface area contributed by atoms with Crippen LogP contribution in [0.5, 0.6) is 0 Å². The molecule has 2 aliphatic rings. The maximum atomic E-state index is 12.6. The number of Topliss-reactive ketones (excluding diaryl/α,β-unsaturated/α-hetero) is 1. The molecule has 6 heteroatoms. The molecule has 0 unspecified atom stereocenters. The van der Waals surface area contributed by atoms with E-state index in [4.69, 9.17) is 4.84 Å². The molecule has 0 aromatic heterocycles. The number of ketones is 1. The van der Waals surface area contributed by atoms with E-state index in [2.05, 4.69) is 6.58 Å². The highest BCUT2D eigenvalue weighted by Crippen LogP contribution is 2.48. The van der Waals surface area contributed by atoms with Gasteiger partial charge in [-0.15, -0.1) is 0 Å². The van der Waals surface area contributed by atoms with Crippen molar-refractivity contribution in [2.75, 3.05) is 7.11 Å². The van der Waals surface area contributed by atoms with Crippen LogP contribution in [0.1, 0.15) is 6.92 Å². The Morgan fingerprint density at radius 2 is 2.05 bits per heavy atom. The van der Waals surface area contributed by atoms with E-state index in [0.29, 0.717) is 0 Å². The second-order valence-electron chi connectivity index (χ2n) is 4.80. The Hall–Kier alpha value is -1.76. The Morgan fingerprint density at radius 3 is 2.55 bits per heavy atom.